The fourth-order valence-corrected chi connectivity index (χ4v) is 3.74. The van der Waals surface area contributed by atoms with Crippen LogP contribution < -0.4 is 0 Å². The zero-order valence-electron chi connectivity index (χ0n) is 14.1. The fourth-order valence-electron chi connectivity index (χ4n) is 3.74. The molecule has 1 aromatic carbocycles. The Bertz CT molecular complexity index is 760. The van der Waals surface area contributed by atoms with Gasteiger partial charge in [0.2, 0.25) is 0 Å². The minimum Gasteiger partial charge on any atom is -0.347 e. The van der Waals surface area contributed by atoms with E-state index in [0.717, 1.165) is 42.3 Å². The first kappa shape index (κ1) is 15.8. The van der Waals surface area contributed by atoms with E-state index >= 15 is 0 Å². The number of aromatic nitrogens is 1. The Morgan fingerprint density at radius 2 is 1.96 bits per heavy atom. The second-order valence-corrected chi connectivity index (χ2v) is 6.42. The van der Waals surface area contributed by atoms with Gasteiger partial charge in [-0.1, -0.05) is 25.1 Å². The number of likely N-dealkylation sites (tertiary alicyclic amines) is 1. The standard InChI is InChI=1S/C19H24N2O2/c1-4-14-9-7-8-12-21(14)19(23)18(22)17-13(2)20(3)16-11-6-5-10-15(16)17/h5-6,10-11,14H,4,7-9,12H2,1-3H3/t14-/m1/s1. The molecule has 1 atom stereocenters. The lowest BCUT2D eigenvalue weighted by Gasteiger charge is -2.34. The lowest BCUT2D eigenvalue weighted by Crippen LogP contribution is -2.46. The van der Waals surface area contributed by atoms with Crippen molar-refractivity contribution < 1.29 is 9.59 Å². The van der Waals surface area contributed by atoms with E-state index in [1.807, 2.05) is 42.8 Å². The number of hydrogen-bond donors (Lipinski definition) is 0. The van der Waals surface area contributed by atoms with Gasteiger partial charge in [0, 0.05) is 36.2 Å². The SMILES string of the molecule is CC[C@@H]1CCCCN1C(=O)C(=O)c1c(C)n(C)c2ccccc12. The Morgan fingerprint density at radius 1 is 1.22 bits per heavy atom. The molecule has 1 aliphatic rings. The number of rotatable bonds is 3. The van der Waals surface area contributed by atoms with Gasteiger partial charge in [-0.15, -0.1) is 0 Å². The maximum absolute atomic E-state index is 12.9. The number of para-hydroxylation sites is 1. The van der Waals surface area contributed by atoms with Gasteiger partial charge in [0.15, 0.2) is 0 Å². The number of aryl methyl sites for hydroxylation is 1. The molecule has 1 fully saturated rings. The summed E-state index contributed by atoms with van der Waals surface area (Å²) < 4.78 is 1.99. The van der Waals surface area contributed by atoms with E-state index < -0.39 is 0 Å². The van der Waals surface area contributed by atoms with Crippen LogP contribution >= 0.6 is 0 Å². The molecule has 0 N–H and O–H groups in total. The largest absolute Gasteiger partial charge is 0.347 e. The quantitative estimate of drug-likeness (QED) is 0.643. The smallest absolute Gasteiger partial charge is 0.295 e. The molecule has 0 unspecified atom stereocenters. The van der Waals surface area contributed by atoms with Crippen LogP contribution in [0, 0.1) is 6.92 Å². The van der Waals surface area contributed by atoms with Crippen molar-refractivity contribution >= 4 is 22.6 Å². The van der Waals surface area contributed by atoms with Crippen molar-refractivity contribution in [2.24, 2.45) is 7.05 Å². The molecule has 1 saturated heterocycles. The highest BCUT2D eigenvalue weighted by molar-refractivity contribution is 6.45. The van der Waals surface area contributed by atoms with Gasteiger partial charge in [-0.3, -0.25) is 9.59 Å². The Balaban J connectivity index is 2.00. The molecule has 4 nitrogen and oxygen atoms in total. The molecule has 3 rings (SSSR count). The van der Waals surface area contributed by atoms with E-state index in [0.29, 0.717) is 12.1 Å². The van der Waals surface area contributed by atoms with E-state index in [2.05, 4.69) is 6.92 Å². The number of benzene rings is 1. The average molecular weight is 312 g/mol. The highest BCUT2D eigenvalue weighted by Gasteiger charge is 2.32. The van der Waals surface area contributed by atoms with Crippen molar-refractivity contribution in [3.8, 4) is 0 Å². The topological polar surface area (TPSA) is 42.3 Å². The summed E-state index contributed by atoms with van der Waals surface area (Å²) in [5.41, 5.74) is 2.41. The molecule has 122 valence electrons. The molecular weight excluding hydrogens is 288 g/mol. The Labute approximate surface area is 137 Å². The Kier molecular flexibility index (Phi) is 4.24. The number of carbonyl (C=O) groups excluding carboxylic acids is 2. The second kappa shape index (κ2) is 6.19. The number of hydrogen-bond acceptors (Lipinski definition) is 2. The van der Waals surface area contributed by atoms with Crippen molar-refractivity contribution in [2.45, 2.75) is 45.6 Å². The van der Waals surface area contributed by atoms with Gasteiger partial charge in [0.25, 0.3) is 11.7 Å². The third-order valence-electron chi connectivity index (χ3n) is 5.18. The number of ketones is 1. The van der Waals surface area contributed by atoms with Gasteiger partial charge >= 0.3 is 0 Å². The van der Waals surface area contributed by atoms with Crippen LogP contribution in [-0.2, 0) is 11.8 Å². The third kappa shape index (κ3) is 2.56. The third-order valence-corrected chi connectivity index (χ3v) is 5.18. The second-order valence-electron chi connectivity index (χ2n) is 6.42. The summed E-state index contributed by atoms with van der Waals surface area (Å²) >= 11 is 0. The first-order valence-electron chi connectivity index (χ1n) is 8.45. The van der Waals surface area contributed by atoms with Crippen molar-refractivity contribution in [3.05, 3.63) is 35.5 Å². The molecule has 2 heterocycles. The lowest BCUT2D eigenvalue weighted by molar-refractivity contribution is -0.130. The van der Waals surface area contributed by atoms with Crippen molar-refractivity contribution in [1.82, 2.24) is 9.47 Å². The normalized spacial score (nSPS) is 18.4. The summed E-state index contributed by atoms with van der Waals surface area (Å²) in [6.45, 7) is 4.70. The molecule has 2 aromatic rings. The van der Waals surface area contributed by atoms with E-state index in [1.54, 1.807) is 4.90 Å². The van der Waals surface area contributed by atoms with Crippen LogP contribution in [0.3, 0.4) is 0 Å². The van der Waals surface area contributed by atoms with Crippen LogP contribution in [0.15, 0.2) is 24.3 Å². The summed E-state index contributed by atoms with van der Waals surface area (Å²) in [6, 6.07) is 7.99. The summed E-state index contributed by atoms with van der Waals surface area (Å²) in [6.07, 6.45) is 4.05. The molecule has 0 aliphatic carbocycles. The van der Waals surface area contributed by atoms with Gasteiger partial charge in [-0.2, -0.15) is 0 Å². The first-order chi connectivity index (χ1) is 11.1. The average Bonchev–Trinajstić information content (AvgIpc) is 2.85. The zero-order chi connectivity index (χ0) is 16.6. The maximum atomic E-state index is 12.9. The predicted molar refractivity (Wildman–Crippen MR) is 91.6 cm³/mol. The van der Waals surface area contributed by atoms with Crippen molar-refractivity contribution in [2.75, 3.05) is 6.54 Å². The van der Waals surface area contributed by atoms with Crippen molar-refractivity contribution in [1.29, 1.82) is 0 Å². The molecule has 0 radical (unpaired) electrons. The number of fused-ring (bicyclic) bond motifs is 1. The van der Waals surface area contributed by atoms with E-state index in [-0.39, 0.29) is 17.7 Å². The molecule has 1 aliphatic heterocycles. The molecule has 1 aromatic heterocycles. The van der Waals surface area contributed by atoms with Crippen LogP contribution in [0.2, 0.25) is 0 Å². The van der Waals surface area contributed by atoms with E-state index in [4.69, 9.17) is 0 Å². The van der Waals surface area contributed by atoms with Crippen LogP contribution in [0.4, 0.5) is 0 Å². The minimum atomic E-state index is -0.361. The van der Waals surface area contributed by atoms with Crippen LogP contribution in [0.25, 0.3) is 10.9 Å². The number of nitrogens with zero attached hydrogens (tertiary/aromatic N) is 2. The van der Waals surface area contributed by atoms with Gasteiger partial charge in [-0.05, 0) is 38.7 Å². The number of carbonyl (C=O) groups is 2. The molecule has 1 amide bonds. The Morgan fingerprint density at radius 3 is 2.70 bits per heavy atom. The summed E-state index contributed by atoms with van der Waals surface area (Å²) in [7, 11) is 1.94. The molecule has 4 heteroatoms. The van der Waals surface area contributed by atoms with Gasteiger partial charge in [-0.25, -0.2) is 0 Å². The van der Waals surface area contributed by atoms with Crippen LogP contribution in [0.1, 0.15) is 48.7 Å². The maximum Gasteiger partial charge on any atom is 0.295 e. The summed E-state index contributed by atoms with van der Waals surface area (Å²) in [4.78, 5) is 27.6. The van der Waals surface area contributed by atoms with Gasteiger partial charge in [0.05, 0.1) is 5.56 Å². The Hall–Kier alpha value is -2.10. The molecular formula is C19H24N2O2. The monoisotopic (exact) mass is 312 g/mol. The summed E-state index contributed by atoms with van der Waals surface area (Å²) in [5, 5.41) is 0.871. The number of piperidine rings is 1. The number of amides is 1. The van der Waals surface area contributed by atoms with Crippen molar-refractivity contribution in [3.63, 3.8) is 0 Å². The highest BCUT2D eigenvalue weighted by atomic mass is 16.2. The molecule has 0 bridgehead atoms. The fraction of sp³-hybridized carbons (Fsp3) is 0.474. The van der Waals surface area contributed by atoms with Gasteiger partial charge in [0.1, 0.15) is 0 Å². The first-order valence-corrected chi connectivity index (χ1v) is 8.45. The van der Waals surface area contributed by atoms with E-state index in [1.165, 1.54) is 0 Å². The van der Waals surface area contributed by atoms with Crippen LogP contribution in [0.5, 0.6) is 0 Å². The van der Waals surface area contributed by atoms with Gasteiger partial charge < -0.3 is 9.47 Å². The highest BCUT2D eigenvalue weighted by Crippen LogP contribution is 2.27. The van der Waals surface area contributed by atoms with Crippen LogP contribution in [-0.4, -0.2) is 33.7 Å². The minimum absolute atomic E-state index is 0.204. The lowest BCUT2D eigenvalue weighted by atomic mass is 9.98. The molecule has 23 heavy (non-hydrogen) atoms. The van der Waals surface area contributed by atoms with E-state index in [9.17, 15) is 9.59 Å². The molecule has 0 saturated carbocycles. The number of Topliss-reactive ketones (excluding diaryl/α,β-unsaturated/α-hetero) is 1. The predicted octanol–water partition coefficient (Wildman–Crippen LogP) is 3.46. The zero-order valence-corrected chi connectivity index (χ0v) is 14.1. The molecule has 0 spiro atoms. The summed E-state index contributed by atoms with van der Waals surface area (Å²) in [5.74, 6) is -0.698.